The van der Waals surface area contributed by atoms with E-state index in [-0.39, 0.29) is 0 Å². The monoisotopic (exact) mass is 276 g/mol. The molecule has 4 nitrogen and oxygen atoms in total. The molecule has 1 fully saturated rings. The van der Waals surface area contributed by atoms with Gasteiger partial charge in [0.05, 0.1) is 0 Å². The van der Waals surface area contributed by atoms with Crippen LogP contribution in [0.2, 0.25) is 0 Å². The highest BCUT2D eigenvalue weighted by Gasteiger charge is 2.28. The van der Waals surface area contributed by atoms with E-state index in [2.05, 4.69) is 33.2 Å². The Morgan fingerprint density at radius 2 is 2.21 bits per heavy atom. The highest BCUT2D eigenvalue weighted by atomic mass is 32.2. The second kappa shape index (κ2) is 5.04. The Morgan fingerprint density at radius 3 is 3.00 bits per heavy atom. The number of fused-ring (bicyclic) bond motifs is 1. The van der Waals surface area contributed by atoms with E-state index in [9.17, 15) is 0 Å². The normalized spacial score (nSPS) is 23.3. The Bertz CT molecular complexity index is 592. The minimum Gasteiger partial charge on any atom is -0.369 e. The highest BCUT2D eigenvalue weighted by molar-refractivity contribution is 7.99. The summed E-state index contributed by atoms with van der Waals surface area (Å²) in [7, 11) is 0. The fraction of sp³-hybridized carbons (Fsp3) is 0.571. The molecule has 2 N–H and O–H groups in total. The van der Waals surface area contributed by atoms with Gasteiger partial charge in [-0.25, -0.2) is 9.97 Å². The van der Waals surface area contributed by atoms with Gasteiger partial charge in [-0.05, 0) is 44.1 Å². The zero-order chi connectivity index (χ0) is 13.4. The first-order valence-electron chi connectivity index (χ1n) is 6.91. The predicted octanol–water partition coefficient (Wildman–Crippen LogP) is 3.17. The number of hydrogen-bond donors (Lipinski definition) is 1. The van der Waals surface area contributed by atoms with Crippen LogP contribution in [0.15, 0.2) is 12.1 Å². The van der Waals surface area contributed by atoms with Crippen LogP contribution in [-0.2, 0) is 0 Å². The van der Waals surface area contributed by atoms with Crippen molar-refractivity contribution in [3.8, 4) is 0 Å². The largest absolute Gasteiger partial charge is 0.369 e. The van der Waals surface area contributed by atoms with E-state index in [1.54, 1.807) is 0 Å². The first kappa shape index (κ1) is 12.8. The zero-order valence-corrected chi connectivity index (χ0v) is 12.3. The van der Waals surface area contributed by atoms with Crippen LogP contribution < -0.4 is 5.73 Å². The molecular formula is C14H20N4S. The van der Waals surface area contributed by atoms with Gasteiger partial charge in [0.15, 0.2) is 5.65 Å². The molecule has 102 valence electrons. The number of anilines is 1. The van der Waals surface area contributed by atoms with Crippen molar-refractivity contribution in [2.24, 2.45) is 0 Å². The summed E-state index contributed by atoms with van der Waals surface area (Å²) in [6.45, 7) is 4.24. The van der Waals surface area contributed by atoms with Gasteiger partial charge in [0.25, 0.3) is 0 Å². The van der Waals surface area contributed by atoms with Gasteiger partial charge in [0, 0.05) is 17.0 Å². The number of pyridine rings is 1. The summed E-state index contributed by atoms with van der Waals surface area (Å²) in [5.74, 6) is 1.80. The van der Waals surface area contributed by atoms with E-state index in [0.29, 0.717) is 12.0 Å². The van der Waals surface area contributed by atoms with Crippen molar-refractivity contribution in [1.29, 1.82) is 0 Å². The second-order valence-electron chi connectivity index (χ2n) is 5.18. The average molecular weight is 276 g/mol. The van der Waals surface area contributed by atoms with Crippen LogP contribution in [0.5, 0.6) is 0 Å². The maximum Gasteiger partial charge on any atom is 0.202 e. The summed E-state index contributed by atoms with van der Waals surface area (Å²) in [4.78, 5) is 9.07. The maximum atomic E-state index is 6.11. The summed E-state index contributed by atoms with van der Waals surface area (Å²) in [5.41, 5.74) is 8.99. The molecule has 19 heavy (non-hydrogen) atoms. The van der Waals surface area contributed by atoms with Crippen molar-refractivity contribution in [1.82, 2.24) is 14.5 Å². The van der Waals surface area contributed by atoms with Crippen LogP contribution in [0.4, 0.5) is 5.95 Å². The molecule has 0 spiro atoms. The quantitative estimate of drug-likeness (QED) is 0.935. The number of hydrogen-bond acceptors (Lipinski definition) is 4. The molecule has 2 heterocycles. The minimum absolute atomic E-state index is 0.461. The maximum absolute atomic E-state index is 6.11. The number of nitrogens with zero attached hydrogens (tertiary/aromatic N) is 3. The fourth-order valence-electron chi connectivity index (χ4n) is 2.99. The Hall–Kier alpha value is -1.23. The number of aromatic nitrogens is 3. The molecule has 2 aromatic heterocycles. The third-order valence-corrected chi connectivity index (χ3v) is 5.06. The van der Waals surface area contributed by atoms with Crippen molar-refractivity contribution < 1.29 is 0 Å². The molecule has 0 bridgehead atoms. The zero-order valence-electron chi connectivity index (χ0n) is 11.5. The van der Waals surface area contributed by atoms with Gasteiger partial charge in [0.1, 0.15) is 5.52 Å². The first-order valence-corrected chi connectivity index (χ1v) is 7.96. The van der Waals surface area contributed by atoms with Gasteiger partial charge < -0.3 is 5.73 Å². The molecule has 3 rings (SSSR count). The molecule has 1 aliphatic rings. The average Bonchev–Trinajstić information content (AvgIpc) is 2.93. The van der Waals surface area contributed by atoms with Gasteiger partial charge in [-0.2, -0.15) is 11.8 Å². The Morgan fingerprint density at radius 1 is 1.37 bits per heavy atom. The van der Waals surface area contributed by atoms with E-state index in [4.69, 9.17) is 5.73 Å². The summed E-state index contributed by atoms with van der Waals surface area (Å²) < 4.78 is 2.15. The Kier molecular flexibility index (Phi) is 3.39. The molecule has 0 amide bonds. The number of nitrogens with two attached hydrogens (primary N) is 1. The lowest BCUT2D eigenvalue weighted by Crippen LogP contribution is -2.10. The van der Waals surface area contributed by atoms with Crippen LogP contribution in [-0.4, -0.2) is 25.5 Å². The lowest BCUT2D eigenvalue weighted by Gasteiger charge is -2.14. The summed E-state index contributed by atoms with van der Waals surface area (Å²) in [5, 5.41) is 0.761. The third-order valence-electron chi connectivity index (χ3n) is 3.83. The molecule has 2 aromatic rings. The summed E-state index contributed by atoms with van der Waals surface area (Å²) >= 11 is 2.06. The Balaban J connectivity index is 1.96. The first-order chi connectivity index (χ1) is 9.19. The van der Waals surface area contributed by atoms with Crippen LogP contribution in [0.25, 0.3) is 11.2 Å². The topological polar surface area (TPSA) is 56.7 Å². The standard InChI is InChI=1S/C14H20N4S/c1-3-19-11-6-5-10(8-11)18-13-12(17-14(18)15)7-4-9(2)16-13/h4,7,10-11H,3,5-6,8H2,1-2H3,(H2,15,17). The van der Waals surface area contributed by atoms with Crippen LogP contribution in [0, 0.1) is 6.92 Å². The molecule has 0 radical (unpaired) electrons. The van der Waals surface area contributed by atoms with Crippen molar-refractivity contribution in [2.75, 3.05) is 11.5 Å². The van der Waals surface area contributed by atoms with Gasteiger partial charge >= 0.3 is 0 Å². The molecule has 2 atom stereocenters. The molecule has 1 saturated carbocycles. The second-order valence-corrected chi connectivity index (χ2v) is 6.76. The number of imidazole rings is 1. The van der Waals surface area contributed by atoms with E-state index >= 15 is 0 Å². The van der Waals surface area contributed by atoms with Gasteiger partial charge in [-0.1, -0.05) is 6.92 Å². The molecule has 5 heteroatoms. The van der Waals surface area contributed by atoms with Crippen molar-refractivity contribution in [3.05, 3.63) is 17.8 Å². The fourth-order valence-corrected chi connectivity index (χ4v) is 4.12. The predicted molar refractivity (Wildman–Crippen MR) is 81.5 cm³/mol. The van der Waals surface area contributed by atoms with Crippen molar-refractivity contribution in [2.45, 2.75) is 44.4 Å². The lowest BCUT2D eigenvalue weighted by atomic mass is 10.2. The summed E-state index contributed by atoms with van der Waals surface area (Å²) in [6, 6.07) is 4.46. The van der Waals surface area contributed by atoms with Gasteiger partial charge in [-0.3, -0.25) is 4.57 Å². The molecule has 0 aromatic carbocycles. The highest BCUT2D eigenvalue weighted by Crippen LogP contribution is 2.39. The van der Waals surface area contributed by atoms with E-state index < -0.39 is 0 Å². The minimum atomic E-state index is 0.461. The lowest BCUT2D eigenvalue weighted by molar-refractivity contribution is 0.537. The molecular weight excluding hydrogens is 256 g/mol. The van der Waals surface area contributed by atoms with Crippen LogP contribution in [0.1, 0.15) is 37.9 Å². The van der Waals surface area contributed by atoms with E-state index in [0.717, 1.165) is 22.1 Å². The molecule has 0 saturated heterocycles. The van der Waals surface area contributed by atoms with Crippen LogP contribution >= 0.6 is 11.8 Å². The SMILES string of the molecule is CCSC1CCC(n2c(N)nc3ccc(C)nc32)C1. The van der Waals surface area contributed by atoms with Gasteiger partial charge in [-0.15, -0.1) is 0 Å². The van der Waals surface area contributed by atoms with Crippen molar-refractivity contribution in [3.63, 3.8) is 0 Å². The Labute approximate surface area is 117 Å². The van der Waals surface area contributed by atoms with E-state index in [1.165, 1.54) is 25.0 Å². The smallest absolute Gasteiger partial charge is 0.202 e. The number of thioether (sulfide) groups is 1. The molecule has 0 aliphatic heterocycles. The molecule has 1 aliphatic carbocycles. The molecule has 2 unspecified atom stereocenters. The number of rotatable bonds is 3. The number of nitrogen functional groups attached to an aromatic ring is 1. The van der Waals surface area contributed by atoms with Crippen LogP contribution in [0.3, 0.4) is 0 Å². The summed E-state index contributed by atoms with van der Waals surface area (Å²) in [6.07, 6.45) is 3.64. The van der Waals surface area contributed by atoms with E-state index in [1.807, 2.05) is 19.1 Å². The third kappa shape index (κ3) is 2.31. The van der Waals surface area contributed by atoms with Gasteiger partial charge in [0.2, 0.25) is 5.95 Å². The van der Waals surface area contributed by atoms with Crippen molar-refractivity contribution >= 4 is 28.9 Å². The number of aryl methyl sites for hydroxylation is 1.